The molecule has 0 unspecified atom stereocenters. The molecule has 0 N–H and O–H groups in total. The summed E-state index contributed by atoms with van der Waals surface area (Å²) >= 11 is 1.73. The lowest BCUT2D eigenvalue weighted by Gasteiger charge is -2.20. The Hall–Kier alpha value is -1.00. The smallest absolute Gasteiger partial charge is 0.319 e. The highest BCUT2D eigenvalue weighted by atomic mass is 32.2. The molecule has 0 aliphatic carbocycles. The quantitative estimate of drug-likeness (QED) is 0.561. The first kappa shape index (κ1) is 15.1. The number of esters is 1. The number of carbonyl (C=O) groups is 1. The van der Waals surface area contributed by atoms with Gasteiger partial charge in [0, 0.05) is 11.4 Å². The van der Waals surface area contributed by atoms with Crippen molar-refractivity contribution in [3.8, 4) is 0 Å². The zero-order valence-electron chi connectivity index (χ0n) is 11.3. The Morgan fingerprint density at radius 1 is 1.33 bits per heavy atom. The Bertz CT molecular complexity index is 365. The standard InChI is InChI=1S/C14H21NO2S/c1-4-9-15(11-14(16)17-2)10-12-5-7-13(18-3)8-6-12/h5-8H,4,9-11H2,1-3H3. The van der Waals surface area contributed by atoms with E-state index >= 15 is 0 Å². The van der Waals surface area contributed by atoms with Gasteiger partial charge in [0.2, 0.25) is 0 Å². The van der Waals surface area contributed by atoms with Crippen molar-refractivity contribution in [3.05, 3.63) is 29.8 Å². The second-order valence-electron chi connectivity index (χ2n) is 4.13. The summed E-state index contributed by atoms with van der Waals surface area (Å²) in [5.74, 6) is -0.177. The fourth-order valence-corrected chi connectivity index (χ4v) is 2.17. The highest BCUT2D eigenvalue weighted by Gasteiger charge is 2.10. The van der Waals surface area contributed by atoms with Gasteiger partial charge >= 0.3 is 5.97 Å². The molecule has 0 saturated carbocycles. The second-order valence-corrected chi connectivity index (χ2v) is 5.01. The number of carbonyl (C=O) groups excluding carboxylic acids is 1. The lowest BCUT2D eigenvalue weighted by atomic mass is 10.2. The van der Waals surface area contributed by atoms with E-state index in [9.17, 15) is 4.79 Å². The van der Waals surface area contributed by atoms with Gasteiger partial charge in [0.15, 0.2) is 0 Å². The predicted molar refractivity (Wildman–Crippen MR) is 75.8 cm³/mol. The average molecular weight is 267 g/mol. The molecule has 0 heterocycles. The van der Waals surface area contributed by atoms with Gasteiger partial charge in [0.25, 0.3) is 0 Å². The molecule has 0 fully saturated rings. The van der Waals surface area contributed by atoms with E-state index in [-0.39, 0.29) is 5.97 Å². The minimum Gasteiger partial charge on any atom is -0.468 e. The van der Waals surface area contributed by atoms with Crippen LogP contribution in [-0.4, -0.2) is 37.3 Å². The summed E-state index contributed by atoms with van der Waals surface area (Å²) < 4.78 is 4.72. The highest BCUT2D eigenvalue weighted by molar-refractivity contribution is 7.98. The Kier molecular flexibility index (Phi) is 6.83. The highest BCUT2D eigenvalue weighted by Crippen LogP contribution is 2.15. The molecule has 100 valence electrons. The zero-order chi connectivity index (χ0) is 13.4. The monoisotopic (exact) mass is 267 g/mol. The van der Waals surface area contributed by atoms with Gasteiger partial charge in [-0.2, -0.15) is 0 Å². The first-order chi connectivity index (χ1) is 8.69. The van der Waals surface area contributed by atoms with E-state index < -0.39 is 0 Å². The molecular weight excluding hydrogens is 246 g/mol. The van der Waals surface area contributed by atoms with Gasteiger partial charge in [-0.25, -0.2) is 0 Å². The minimum absolute atomic E-state index is 0.177. The van der Waals surface area contributed by atoms with Crippen LogP contribution in [-0.2, 0) is 16.1 Å². The van der Waals surface area contributed by atoms with Crippen LogP contribution in [0.2, 0.25) is 0 Å². The summed E-state index contributed by atoms with van der Waals surface area (Å²) in [6, 6.07) is 8.46. The molecule has 1 aromatic rings. The van der Waals surface area contributed by atoms with Gasteiger partial charge in [-0.05, 0) is 36.9 Å². The van der Waals surface area contributed by atoms with Crippen molar-refractivity contribution >= 4 is 17.7 Å². The molecule has 0 atom stereocenters. The fraction of sp³-hybridized carbons (Fsp3) is 0.500. The largest absolute Gasteiger partial charge is 0.468 e. The van der Waals surface area contributed by atoms with E-state index in [1.807, 2.05) is 0 Å². The Balaban J connectivity index is 2.60. The number of nitrogens with zero attached hydrogens (tertiary/aromatic N) is 1. The Morgan fingerprint density at radius 2 is 2.00 bits per heavy atom. The van der Waals surface area contributed by atoms with Crippen LogP contribution < -0.4 is 0 Å². The van der Waals surface area contributed by atoms with E-state index in [2.05, 4.69) is 42.3 Å². The lowest BCUT2D eigenvalue weighted by molar-refractivity contribution is -0.142. The molecule has 0 bridgehead atoms. The molecule has 0 aliphatic rings. The Morgan fingerprint density at radius 3 is 2.50 bits per heavy atom. The summed E-state index contributed by atoms with van der Waals surface area (Å²) in [6.45, 7) is 4.16. The Labute approximate surface area is 114 Å². The van der Waals surface area contributed by atoms with Gasteiger partial charge in [0.05, 0.1) is 13.7 Å². The van der Waals surface area contributed by atoms with E-state index in [1.54, 1.807) is 11.8 Å². The SMILES string of the molecule is CCCN(CC(=O)OC)Cc1ccc(SC)cc1. The third-order valence-corrected chi connectivity index (χ3v) is 3.43. The maximum absolute atomic E-state index is 11.3. The lowest BCUT2D eigenvalue weighted by Crippen LogP contribution is -2.30. The van der Waals surface area contributed by atoms with Crippen molar-refractivity contribution in [2.75, 3.05) is 26.5 Å². The minimum atomic E-state index is -0.177. The van der Waals surface area contributed by atoms with E-state index in [4.69, 9.17) is 4.74 Å². The summed E-state index contributed by atoms with van der Waals surface area (Å²) in [5.41, 5.74) is 1.23. The number of benzene rings is 1. The van der Waals surface area contributed by atoms with E-state index in [1.165, 1.54) is 17.6 Å². The number of rotatable bonds is 7. The second kappa shape index (κ2) is 8.16. The van der Waals surface area contributed by atoms with Crippen LogP contribution in [0.15, 0.2) is 29.2 Å². The van der Waals surface area contributed by atoms with Crippen LogP contribution in [0.1, 0.15) is 18.9 Å². The van der Waals surface area contributed by atoms with E-state index in [0.717, 1.165) is 19.5 Å². The van der Waals surface area contributed by atoms with Crippen LogP contribution in [0.5, 0.6) is 0 Å². The van der Waals surface area contributed by atoms with Crippen molar-refractivity contribution in [2.45, 2.75) is 24.8 Å². The molecule has 0 saturated heterocycles. The third kappa shape index (κ3) is 5.10. The van der Waals surface area contributed by atoms with Gasteiger partial charge in [0.1, 0.15) is 0 Å². The molecule has 0 spiro atoms. The molecule has 0 aromatic heterocycles. The summed E-state index contributed by atoms with van der Waals surface area (Å²) in [5, 5.41) is 0. The van der Waals surface area contributed by atoms with Crippen LogP contribution in [0, 0.1) is 0 Å². The van der Waals surface area contributed by atoms with Crippen molar-refractivity contribution in [3.63, 3.8) is 0 Å². The third-order valence-electron chi connectivity index (χ3n) is 2.69. The predicted octanol–water partition coefficient (Wildman–Crippen LogP) is 2.79. The molecular formula is C14H21NO2S. The molecule has 1 rings (SSSR count). The van der Waals surface area contributed by atoms with E-state index in [0.29, 0.717) is 6.54 Å². The molecule has 0 amide bonds. The maximum Gasteiger partial charge on any atom is 0.319 e. The van der Waals surface area contributed by atoms with Crippen LogP contribution in [0.4, 0.5) is 0 Å². The number of ether oxygens (including phenoxy) is 1. The van der Waals surface area contributed by atoms with Crippen LogP contribution >= 0.6 is 11.8 Å². The molecule has 1 aromatic carbocycles. The van der Waals surface area contributed by atoms with Crippen LogP contribution in [0.25, 0.3) is 0 Å². The average Bonchev–Trinajstić information content (AvgIpc) is 2.39. The number of thioether (sulfide) groups is 1. The zero-order valence-corrected chi connectivity index (χ0v) is 12.1. The van der Waals surface area contributed by atoms with Crippen molar-refractivity contribution in [1.82, 2.24) is 4.90 Å². The summed E-state index contributed by atoms with van der Waals surface area (Å²) in [4.78, 5) is 14.7. The first-order valence-electron chi connectivity index (χ1n) is 6.11. The molecule has 0 radical (unpaired) electrons. The van der Waals surface area contributed by atoms with Crippen LogP contribution in [0.3, 0.4) is 0 Å². The van der Waals surface area contributed by atoms with Gasteiger partial charge < -0.3 is 4.74 Å². The molecule has 4 heteroatoms. The van der Waals surface area contributed by atoms with Crippen molar-refractivity contribution < 1.29 is 9.53 Å². The van der Waals surface area contributed by atoms with Gasteiger partial charge in [-0.3, -0.25) is 9.69 Å². The maximum atomic E-state index is 11.3. The molecule has 3 nitrogen and oxygen atoms in total. The van der Waals surface area contributed by atoms with Crippen molar-refractivity contribution in [2.24, 2.45) is 0 Å². The van der Waals surface area contributed by atoms with Gasteiger partial charge in [-0.1, -0.05) is 19.1 Å². The number of methoxy groups -OCH3 is 1. The first-order valence-corrected chi connectivity index (χ1v) is 7.34. The fourth-order valence-electron chi connectivity index (χ4n) is 1.77. The number of hydrogen-bond donors (Lipinski definition) is 0. The van der Waals surface area contributed by atoms with Crippen molar-refractivity contribution in [1.29, 1.82) is 0 Å². The topological polar surface area (TPSA) is 29.5 Å². The van der Waals surface area contributed by atoms with Gasteiger partial charge in [-0.15, -0.1) is 11.8 Å². The summed E-state index contributed by atoms with van der Waals surface area (Å²) in [6.07, 6.45) is 3.09. The molecule has 18 heavy (non-hydrogen) atoms. The number of hydrogen-bond acceptors (Lipinski definition) is 4. The molecule has 0 aliphatic heterocycles. The normalized spacial score (nSPS) is 10.7. The summed E-state index contributed by atoms with van der Waals surface area (Å²) in [7, 11) is 1.43.